The highest BCUT2D eigenvalue weighted by atomic mass is 16.5. The van der Waals surface area contributed by atoms with Gasteiger partial charge in [0, 0.05) is 24.7 Å². The van der Waals surface area contributed by atoms with Crippen LogP contribution in [0, 0.1) is 0 Å². The molecule has 1 aliphatic rings. The standard InChI is InChI=1S/C13H18N2O3/c1-18-12-5-2-9(8-11(12)16)13(17)15-7-6-14-10-3-4-10/h2,5,8,10,14,16H,3-4,6-7H2,1H3,(H,15,17). The Bertz CT molecular complexity index is 430. The molecule has 0 saturated heterocycles. The van der Waals surface area contributed by atoms with Crippen molar-refractivity contribution in [3.63, 3.8) is 0 Å². The van der Waals surface area contributed by atoms with Crippen molar-refractivity contribution in [1.29, 1.82) is 0 Å². The lowest BCUT2D eigenvalue weighted by Crippen LogP contribution is -2.32. The van der Waals surface area contributed by atoms with E-state index in [1.807, 2.05) is 0 Å². The van der Waals surface area contributed by atoms with Gasteiger partial charge in [-0.05, 0) is 31.0 Å². The number of nitrogens with one attached hydrogen (secondary N) is 2. The molecule has 1 aromatic rings. The molecule has 1 amide bonds. The van der Waals surface area contributed by atoms with E-state index >= 15 is 0 Å². The fourth-order valence-electron chi connectivity index (χ4n) is 1.67. The quantitative estimate of drug-likeness (QED) is 0.656. The summed E-state index contributed by atoms with van der Waals surface area (Å²) in [6.07, 6.45) is 2.47. The summed E-state index contributed by atoms with van der Waals surface area (Å²) in [6, 6.07) is 5.25. The summed E-state index contributed by atoms with van der Waals surface area (Å²) in [7, 11) is 1.47. The zero-order chi connectivity index (χ0) is 13.0. The molecule has 2 rings (SSSR count). The minimum absolute atomic E-state index is 0.0266. The lowest BCUT2D eigenvalue weighted by atomic mass is 10.2. The van der Waals surface area contributed by atoms with Gasteiger partial charge in [-0.3, -0.25) is 4.79 Å². The van der Waals surface area contributed by atoms with Crippen LogP contribution >= 0.6 is 0 Å². The van der Waals surface area contributed by atoms with Gasteiger partial charge in [0.2, 0.25) is 0 Å². The first kappa shape index (κ1) is 12.7. The number of rotatable bonds is 6. The van der Waals surface area contributed by atoms with Crippen molar-refractivity contribution >= 4 is 5.91 Å². The van der Waals surface area contributed by atoms with Crippen LogP contribution < -0.4 is 15.4 Å². The van der Waals surface area contributed by atoms with Crippen LogP contribution in [0.2, 0.25) is 0 Å². The normalized spacial score (nSPS) is 14.3. The van der Waals surface area contributed by atoms with E-state index in [1.165, 1.54) is 26.0 Å². The smallest absolute Gasteiger partial charge is 0.251 e. The third kappa shape index (κ3) is 3.37. The predicted molar refractivity (Wildman–Crippen MR) is 68.0 cm³/mol. The van der Waals surface area contributed by atoms with Crippen molar-refractivity contribution in [3.05, 3.63) is 23.8 Å². The zero-order valence-corrected chi connectivity index (χ0v) is 10.4. The van der Waals surface area contributed by atoms with Crippen LogP contribution in [0.15, 0.2) is 18.2 Å². The van der Waals surface area contributed by atoms with Crippen molar-refractivity contribution in [2.45, 2.75) is 18.9 Å². The number of amides is 1. The molecule has 5 heteroatoms. The van der Waals surface area contributed by atoms with Crippen LogP contribution in [0.1, 0.15) is 23.2 Å². The molecule has 1 saturated carbocycles. The fraction of sp³-hybridized carbons (Fsp3) is 0.462. The number of phenolic OH excluding ortho intramolecular Hbond substituents is 1. The molecule has 0 aromatic heterocycles. The second-order valence-electron chi connectivity index (χ2n) is 4.37. The highest BCUT2D eigenvalue weighted by molar-refractivity contribution is 5.94. The van der Waals surface area contributed by atoms with Crippen molar-refractivity contribution in [1.82, 2.24) is 10.6 Å². The predicted octanol–water partition coefficient (Wildman–Crippen LogP) is 0.883. The van der Waals surface area contributed by atoms with Gasteiger partial charge in [-0.15, -0.1) is 0 Å². The molecule has 0 bridgehead atoms. The number of hydrogen-bond donors (Lipinski definition) is 3. The van der Waals surface area contributed by atoms with E-state index in [4.69, 9.17) is 4.74 Å². The second kappa shape index (κ2) is 5.73. The number of phenols is 1. The van der Waals surface area contributed by atoms with Gasteiger partial charge in [0.05, 0.1) is 7.11 Å². The van der Waals surface area contributed by atoms with E-state index in [2.05, 4.69) is 10.6 Å². The number of methoxy groups -OCH3 is 1. The minimum Gasteiger partial charge on any atom is -0.504 e. The Hall–Kier alpha value is -1.75. The summed E-state index contributed by atoms with van der Waals surface area (Å²) in [5, 5.41) is 15.7. The van der Waals surface area contributed by atoms with Gasteiger partial charge in [0.15, 0.2) is 11.5 Å². The van der Waals surface area contributed by atoms with Crippen LogP contribution in [0.4, 0.5) is 0 Å². The molecule has 1 aliphatic carbocycles. The molecule has 98 valence electrons. The molecule has 0 aliphatic heterocycles. The number of carbonyl (C=O) groups excluding carboxylic acids is 1. The third-order valence-electron chi connectivity index (χ3n) is 2.86. The maximum absolute atomic E-state index is 11.8. The SMILES string of the molecule is COc1ccc(C(=O)NCCNC2CC2)cc1O. The number of hydrogen-bond acceptors (Lipinski definition) is 4. The van der Waals surface area contributed by atoms with Crippen LogP contribution in [0.5, 0.6) is 11.5 Å². The Morgan fingerprint density at radius 1 is 1.44 bits per heavy atom. The largest absolute Gasteiger partial charge is 0.504 e. The summed E-state index contributed by atoms with van der Waals surface area (Å²) >= 11 is 0. The van der Waals surface area contributed by atoms with Crippen LogP contribution in [0.25, 0.3) is 0 Å². The van der Waals surface area contributed by atoms with E-state index in [0.717, 1.165) is 6.54 Å². The van der Waals surface area contributed by atoms with Crippen molar-refractivity contribution in [2.24, 2.45) is 0 Å². The highest BCUT2D eigenvalue weighted by Crippen LogP contribution is 2.26. The zero-order valence-electron chi connectivity index (χ0n) is 10.4. The van der Waals surface area contributed by atoms with Crippen LogP contribution in [0.3, 0.4) is 0 Å². The van der Waals surface area contributed by atoms with Crippen LogP contribution in [-0.4, -0.2) is 37.3 Å². The summed E-state index contributed by atoms with van der Waals surface area (Å²) < 4.78 is 4.92. The average molecular weight is 250 g/mol. The van der Waals surface area contributed by atoms with E-state index in [1.54, 1.807) is 12.1 Å². The number of carbonyl (C=O) groups is 1. The number of ether oxygens (including phenoxy) is 1. The van der Waals surface area contributed by atoms with Crippen LogP contribution in [-0.2, 0) is 0 Å². The molecule has 0 spiro atoms. The topological polar surface area (TPSA) is 70.6 Å². The first-order valence-electron chi connectivity index (χ1n) is 6.09. The van der Waals surface area contributed by atoms with Gasteiger partial charge in [0.1, 0.15) is 0 Å². The molecule has 1 fully saturated rings. The van der Waals surface area contributed by atoms with Gasteiger partial charge >= 0.3 is 0 Å². The summed E-state index contributed by atoms with van der Waals surface area (Å²) in [5.41, 5.74) is 0.430. The van der Waals surface area contributed by atoms with Crippen molar-refractivity contribution in [3.8, 4) is 11.5 Å². The molecule has 0 radical (unpaired) electrons. The van der Waals surface area contributed by atoms with Gasteiger partial charge in [-0.2, -0.15) is 0 Å². The molecular weight excluding hydrogens is 232 g/mol. The number of aromatic hydroxyl groups is 1. The lowest BCUT2D eigenvalue weighted by molar-refractivity contribution is 0.0953. The van der Waals surface area contributed by atoms with E-state index in [-0.39, 0.29) is 11.7 Å². The summed E-state index contributed by atoms with van der Waals surface area (Å²) in [6.45, 7) is 1.36. The maximum atomic E-state index is 11.8. The van der Waals surface area contributed by atoms with Gasteiger partial charge in [0.25, 0.3) is 5.91 Å². The van der Waals surface area contributed by atoms with Gasteiger partial charge < -0.3 is 20.5 Å². The third-order valence-corrected chi connectivity index (χ3v) is 2.86. The van der Waals surface area contributed by atoms with E-state index in [9.17, 15) is 9.90 Å². The Balaban J connectivity index is 1.81. The molecule has 3 N–H and O–H groups in total. The molecule has 5 nitrogen and oxygen atoms in total. The molecule has 1 aromatic carbocycles. The monoisotopic (exact) mass is 250 g/mol. The summed E-state index contributed by atoms with van der Waals surface area (Å²) in [5.74, 6) is 0.147. The molecule has 0 atom stereocenters. The Morgan fingerprint density at radius 3 is 2.83 bits per heavy atom. The Labute approximate surface area is 106 Å². The van der Waals surface area contributed by atoms with E-state index < -0.39 is 0 Å². The molecule has 0 unspecified atom stereocenters. The van der Waals surface area contributed by atoms with Gasteiger partial charge in [-0.1, -0.05) is 0 Å². The fourth-order valence-corrected chi connectivity index (χ4v) is 1.67. The lowest BCUT2D eigenvalue weighted by Gasteiger charge is -2.08. The maximum Gasteiger partial charge on any atom is 0.251 e. The summed E-state index contributed by atoms with van der Waals surface area (Å²) in [4.78, 5) is 11.8. The van der Waals surface area contributed by atoms with Gasteiger partial charge in [-0.25, -0.2) is 0 Å². The first-order chi connectivity index (χ1) is 8.70. The van der Waals surface area contributed by atoms with E-state index in [0.29, 0.717) is 23.9 Å². The Kier molecular flexibility index (Phi) is 4.04. The molecular formula is C13H18N2O3. The molecule has 0 heterocycles. The Morgan fingerprint density at radius 2 is 2.22 bits per heavy atom. The first-order valence-corrected chi connectivity index (χ1v) is 6.09. The minimum atomic E-state index is -0.189. The number of benzene rings is 1. The average Bonchev–Trinajstić information content (AvgIpc) is 3.18. The molecule has 18 heavy (non-hydrogen) atoms. The van der Waals surface area contributed by atoms with Crippen molar-refractivity contribution < 1.29 is 14.6 Å². The van der Waals surface area contributed by atoms with Crippen molar-refractivity contribution in [2.75, 3.05) is 20.2 Å². The second-order valence-corrected chi connectivity index (χ2v) is 4.37. The highest BCUT2D eigenvalue weighted by Gasteiger charge is 2.19.